The van der Waals surface area contributed by atoms with Crippen LogP contribution in [-0.4, -0.2) is 43.0 Å². The van der Waals surface area contributed by atoms with Crippen molar-refractivity contribution in [3.63, 3.8) is 0 Å². The average molecular weight is 295 g/mol. The molecule has 3 N–H and O–H groups in total. The van der Waals surface area contributed by atoms with Gasteiger partial charge in [0.05, 0.1) is 0 Å². The SMILES string of the molecule is CCNC1(C(N)=O)CCCC1CCN(C)CC1CCCC1. The van der Waals surface area contributed by atoms with Crippen LogP contribution in [0.1, 0.15) is 58.3 Å². The summed E-state index contributed by atoms with van der Waals surface area (Å²) in [6.45, 7) is 5.18. The number of rotatable bonds is 8. The number of nitrogens with zero attached hydrogens (tertiary/aromatic N) is 1. The van der Waals surface area contributed by atoms with Crippen molar-refractivity contribution in [3.8, 4) is 0 Å². The molecule has 21 heavy (non-hydrogen) atoms. The van der Waals surface area contributed by atoms with E-state index in [0.717, 1.165) is 44.7 Å². The molecule has 0 saturated heterocycles. The molecule has 0 radical (unpaired) electrons. The number of carbonyl (C=O) groups is 1. The van der Waals surface area contributed by atoms with Crippen LogP contribution in [0.25, 0.3) is 0 Å². The number of nitrogens with one attached hydrogen (secondary N) is 1. The molecule has 2 aliphatic carbocycles. The van der Waals surface area contributed by atoms with Crippen LogP contribution in [0, 0.1) is 11.8 Å². The molecule has 4 heteroatoms. The summed E-state index contributed by atoms with van der Waals surface area (Å²) in [6, 6.07) is 0. The van der Waals surface area contributed by atoms with E-state index in [9.17, 15) is 4.79 Å². The van der Waals surface area contributed by atoms with Crippen molar-refractivity contribution in [3.05, 3.63) is 0 Å². The molecule has 0 heterocycles. The Morgan fingerprint density at radius 2 is 2.00 bits per heavy atom. The maximum Gasteiger partial charge on any atom is 0.238 e. The van der Waals surface area contributed by atoms with Crippen molar-refractivity contribution in [2.24, 2.45) is 17.6 Å². The highest BCUT2D eigenvalue weighted by Crippen LogP contribution is 2.38. The Kier molecular flexibility index (Phi) is 6.06. The number of hydrogen-bond donors (Lipinski definition) is 2. The van der Waals surface area contributed by atoms with E-state index in [1.165, 1.54) is 32.2 Å². The third-order valence-corrected chi connectivity index (χ3v) is 5.66. The van der Waals surface area contributed by atoms with Gasteiger partial charge >= 0.3 is 0 Å². The number of likely N-dealkylation sites (N-methyl/N-ethyl adjacent to an activating group) is 1. The Morgan fingerprint density at radius 1 is 1.29 bits per heavy atom. The Balaban J connectivity index is 1.84. The van der Waals surface area contributed by atoms with Crippen LogP contribution in [0.15, 0.2) is 0 Å². The van der Waals surface area contributed by atoms with Crippen molar-refractivity contribution in [1.29, 1.82) is 0 Å². The molecule has 0 bridgehead atoms. The smallest absolute Gasteiger partial charge is 0.238 e. The minimum atomic E-state index is -0.442. The molecular formula is C17H33N3O. The molecule has 122 valence electrons. The number of hydrogen-bond acceptors (Lipinski definition) is 3. The van der Waals surface area contributed by atoms with Gasteiger partial charge in [-0.3, -0.25) is 4.79 Å². The molecule has 0 aromatic carbocycles. The zero-order valence-corrected chi connectivity index (χ0v) is 13.9. The van der Waals surface area contributed by atoms with Crippen molar-refractivity contribution >= 4 is 5.91 Å². The van der Waals surface area contributed by atoms with Gasteiger partial charge in [-0.2, -0.15) is 0 Å². The van der Waals surface area contributed by atoms with Gasteiger partial charge in [0, 0.05) is 6.54 Å². The Hall–Kier alpha value is -0.610. The Bertz CT molecular complexity index is 341. The van der Waals surface area contributed by atoms with Crippen LogP contribution in [0.3, 0.4) is 0 Å². The molecule has 0 aliphatic heterocycles. The summed E-state index contributed by atoms with van der Waals surface area (Å²) in [4.78, 5) is 14.5. The maximum atomic E-state index is 12.0. The number of nitrogens with two attached hydrogens (primary N) is 1. The lowest BCUT2D eigenvalue weighted by Gasteiger charge is -2.34. The van der Waals surface area contributed by atoms with E-state index in [0.29, 0.717) is 5.92 Å². The molecular weight excluding hydrogens is 262 g/mol. The highest BCUT2D eigenvalue weighted by atomic mass is 16.1. The lowest BCUT2D eigenvalue weighted by Crippen LogP contribution is -2.58. The molecule has 2 fully saturated rings. The average Bonchev–Trinajstić information content (AvgIpc) is 3.07. The van der Waals surface area contributed by atoms with E-state index in [4.69, 9.17) is 5.73 Å². The van der Waals surface area contributed by atoms with Gasteiger partial charge < -0.3 is 16.0 Å². The lowest BCUT2D eigenvalue weighted by molar-refractivity contribution is -0.126. The van der Waals surface area contributed by atoms with Crippen LogP contribution in [0.2, 0.25) is 0 Å². The third kappa shape index (κ3) is 3.98. The van der Waals surface area contributed by atoms with Crippen molar-refractivity contribution in [2.45, 2.75) is 63.8 Å². The summed E-state index contributed by atoms with van der Waals surface area (Å²) in [5, 5.41) is 3.41. The lowest BCUT2D eigenvalue weighted by atomic mass is 9.83. The zero-order valence-electron chi connectivity index (χ0n) is 13.9. The minimum absolute atomic E-state index is 0.148. The standard InChI is InChI=1S/C17H33N3O/c1-3-19-17(16(18)21)11-6-9-15(17)10-12-20(2)13-14-7-4-5-8-14/h14-15,19H,3-13H2,1-2H3,(H2,18,21). The van der Waals surface area contributed by atoms with Gasteiger partial charge in [-0.15, -0.1) is 0 Å². The third-order valence-electron chi connectivity index (χ3n) is 5.66. The molecule has 0 spiro atoms. The first-order chi connectivity index (χ1) is 10.1. The van der Waals surface area contributed by atoms with Crippen LogP contribution in [0.4, 0.5) is 0 Å². The summed E-state index contributed by atoms with van der Waals surface area (Å²) >= 11 is 0. The first-order valence-corrected chi connectivity index (χ1v) is 8.82. The summed E-state index contributed by atoms with van der Waals surface area (Å²) < 4.78 is 0. The number of amides is 1. The van der Waals surface area contributed by atoms with Gasteiger partial charge in [0.15, 0.2) is 0 Å². The molecule has 0 aromatic rings. The second-order valence-corrected chi connectivity index (χ2v) is 7.16. The summed E-state index contributed by atoms with van der Waals surface area (Å²) in [6.07, 6.45) is 9.86. The van der Waals surface area contributed by atoms with Crippen LogP contribution in [0.5, 0.6) is 0 Å². The molecule has 1 amide bonds. The van der Waals surface area contributed by atoms with Crippen LogP contribution >= 0.6 is 0 Å². The molecule has 0 aromatic heterocycles. The predicted molar refractivity (Wildman–Crippen MR) is 87.0 cm³/mol. The van der Waals surface area contributed by atoms with Crippen molar-refractivity contribution in [2.75, 3.05) is 26.7 Å². The Morgan fingerprint density at radius 3 is 2.62 bits per heavy atom. The van der Waals surface area contributed by atoms with Gasteiger partial charge in [0.1, 0.15) is 5.54 Å². The molecule has 2 rings (SSSR count). The second kappa shape index (κ2) is 7.59. The fourth-order valence-electron chi connectivity index (χ4n) is 4.53. The van der Waals surface area contributed by atoms with Crippen LogP contribution in [-0.2, 0) is 4.79 Å². The second-order valence-electron chi connectivity index (χ2n) is 7.16. The highest BCUT2D eigenvalue weighted by molar-refractivity contribution is 5.85. The van der Waals surface area contributed by atoms with E-state index in [1.807, 2.05) is 0 Å². The normalized spacial score (nSPS) is 30.3. The Labute approximate surface area is 129 Å². The summed E-state index contributed by atoms with van der Waals surface area (Å²) in [7, 11) is 2.23. The monoisotopic (exact) mass is 295 g/mol. The summed E-state index contributed by atoms with van der Waals surface area (Å²) in [5.41, 5.74) is 5.29. The van der Waals surface area contributed by atoms with E-state index < -0.39 is 5.54 Å². The molecule has 4 nitrogen and oxygen atoms in total. The van der Waals surface area contributed by atoms with Gasteiger partial charge in [-0.1, -0.05) is 26.2 Å². The van der Waals surface area contributed by atoms with E-state index in [2.05, 4.69) is 24.2 Å². The van der Waals surface area contributed by atoms with Crippen molar-refractivity contribution < 1.29 is 4.79 Å². The van der Waals surface area contributed by atoms with Crippen LogP contribution < -0.4 is 11.1 Å². The van der Waals surface area contributed by atoms with Gasteiger partial charge in [-0.05, 0) is 64.1 Å². The van der Waals surface area contributed by atoms with E-state index in [-0.39, 0.29) is 5.91 Å². The van der Waals surface area contributed by atoms with E-state index >= 15 is 0 Å². The highest BCUT2D eigenvalue weighted by Gasteiger charge is 2.46. The molecule has 2 unspecified atom stereocenters. The number of carbonyl (C=O) groups excluding carboxylic acids is 1. The quantitative estimate of drug-likeness (QED) is 0.721. The zero-order chi connectivity index (χ0) is 15.3. The fraction of sp³-hybridized carbons (Fsp3) is 0.941. The molecule has 2 aliphatic rings. The predicted octanol–water partition coefficient (Wildman–Crippen LogP) is 2.13. The molecule has 2 saturated carbocycles. The first-order valence-electron chi connectivity index (χ1n) is 8.82. The topological polar surface area (TPSA) is 58.4 Å². The first kappa shape index (κ1) is 16.8. The van der Waals surface area contributed by atoms with Gasteiger partial charge in [-0.25, -0.2) is 0 Å². The van der Waals surface area contributed by atoms with Gasteiger partial charge in [0.2, 0.25) is 5.91 Å². The van der Waals surface area contributed by atoms with Gasteiger partial charge in [0.25, 0.3) is 0 Å². The maximum absolute atomic E-state index is 12.0. The summed E-state index contributed by atoms with van der Waals surface area (Å²) in [5.74, 6) is 1.15. The van der Waals surface area contributed by atoms with E-state index in [1.54, 1.807) is 0 Å². The number of primary amides is 1. The fourth-order valence-corrected chi connectivity index (χ4v) is 4.53. The largest absolute Gasteiger partial charge is 0.368 e. The molecule has 2 atom stereocenters. The van der Waals surface area contributed by atoms with Crippen molar-refractivity contribution in [1.82, 2.24) is 10.2 Å². The minimum Gasteiger partial charge on any atom is -0.368 e.